The maximum atomic E-state index is 11.5. The maximum absolute atomic E-state index is 11.5. The number of fused-ring (bicyclic) bond motifs is 1. The molecule has 2 aliphatic rings. The molecule has 70 valence electrons. The van der Waals surface area contributed by atoms with E-state index >= 15 is 0 Å². The minimum Gasteiger partial charge on any atom is -0.326 e. The summed E-state index contributed by atoms with van der Waals surface area (Å²) < 4.78 is 0. The Bertz CT molecular complexity index is 288. The quantitative estimate of drug-likeness (QED) is 0.603. The van der Waals surface area contributed by atoms with E-state index < -0.39 is 0 Å². The molecule has 0 bridgehead atoms. The third-order valence-electron chi connectivity index (χ3n) is 2.80. The van der Waals surface area contributed by atoms with Gasteiger partial charge in [-0.3, -0.25) is 4.79 Å². The number of amides is 1. The van der Waals surface area contributed by atoms with Crippen molar-refractivity contribution in [3.63, 3.8) is 0 Å². The Morgan fingerprint density at radius 1 is 1.38 bits per heavy atom. The Labute approximate surface area is 78.7 Å². The second-order valence-electron chi connectivity index (χ2n) is 3.85. The van der Waals surface area contributed by atoms with Crippen LogP contribution in [0.3, 0.4) is 0 Å². The lowest BCUT2D eigenvalue weighted by Gasteiger charge is -2.13. The van der Waals surface area contributed by atoms with Crippen LogP contribution in [0.25, 0.3) is 0 Å². The highest BCUT2D eigenvalue weighted by molar-refractivity contribution is 5.81. The SMILES string of the molecule is CC1CCC2=CCCC=C2NC1=O. The number of carbonyl (C=O) groups excluding carboxylic acids is 1. The Balaban J connectivity index is 2.23. The molecule has 0 radical (unpaired) electrons. The summed E-state index contributed by atoms with van der Waals surface area (Å²) in [7, 11) is 0. The molecular weight excluding hydrogens is 162 g/mol. The van der Waals surface area contributed by atoms with Crippen LogP contribution in [0.5, 0.6) is 0 Å². The lowest BCUT2D eigenvalue weighted by Crippen LogP contribution is -2.26. The monoisotopic (exact) mass is 177 g/mol. The van der Waals surface area contributed by atoms with Crippen molar-refractivity contribution in [1.82, 2.24) is 5.32 Å². The molecule has 1 N–H and O–H groups in total. The zero-order valence-electron chi connectivity index (χ0n) is 7.97. The van der Waals surface area contributed by atoms with Gasteiger partial charge in [-0.25, -0.2) is 0 Å². The molecule has 1 saturated heterocycles. The van der Waals surface area contributed by atoms with Gasteiger partial charge in [-0.1, -0.05) is 19.1 Å². The van der Waals surface area contributed by atoms with Crippen LogP contribution < -0.4 is 5.32 Å². The van der Waals surface area contributed by atoms with Crippen LogP contribution in [-0.4, -0.2) is 5.91 Å². The second-order valence-corrected chi connectivity index (χ2v) is 3.85. The van der Waals surface area contributed by atoms with Crippen molar-refractivity contribution >= 4 is 5.91 Å². The van der Waals surface area contributed by atoms with Crippen molar-refractivity contribution in [2.45, 2.75) is 32.6 Å². The standard InChI is InChI=1S/C11H15NO/c1-8-6-7-9-4-2-3-5-10(9)12-11(8)13/h4-5,8H,2-3,6-7H2,1H3,(H,12,13). The van der Waals surface area contributed by atoms with Crippen molar-refractivity contribution in [3.05, 3.63) is 23.4 Å². The second kappa shape index (κ2) is 3.36. The molecule has 0 spiro atoms. The molecule has 1 aliphatic carbocycles. The van der Waals surface area contributed by atoms with Gasteiger partial charge < -0.3 is 5.32 Å². The Hall–Kier alpha value is -1.05. The average Bonchev–Trinajstić information content (AvgIpc) is 2.28. The molecular formula is C11H15NO. The first kappa shape index (κ1) is 8.54. The molecule has 2 rings (SSSR count). The van der Waals surface area contributed by atoms with Gasteiger partial charge in [0.25, 0.3) is 0 Å². The first-order valence-corrected chi connectivity index (χ1v) is 4.98. The van der Waals surface area contributed by atoms with E-state index in [2.05, 4.69) is 17.5 Å². The third kappa shape index (κ3) is 1.67. The fraction of sp³-hybridized carbons (Fsp3) is 0.545. The average molecular weight is 177 g/mol. The molecule has 0 aromatic heterocycles. The number of hydrogen-bond donors (Lipinski definition) is 1. The first-order valence-electron chi connectivity index (χ1n) is 4.98. The summed E-state index contributed by atoms with van der Waals surface area (Å²) in [4.78, 5) is 11.5. The van der Waals surface area contributed by atoms with Gasteiger partial charge in [-0.15, -0.1) is 0 Å². The summed E-state index contributed by atoms with van der Waals surface area (Å²) in [5.74, 6) is 0.337. The Morgan fingerprint density at radius 2 is 2.15 bits per heavy atom. The van der Waals surface area contributed by atoms with Crippen LogP contribution in [-0.2, 0) is 4.79 Å². The zero-order chi connectivity index (χ0) is 9.26. The summed E-state index contributed by atoms with van der Waals surface area (Å²) in [6.45, 7) is 1.99. The largest absolute Gasteiger partial charge is 0.326 e. The topological polar surface area (TPSA) is 29.1 Å². The molecule has 1 aliphatic heterocycles. The molecule has 13 heavy (non-hydrogen) atoms. The molecule has 2 heteroatoms. The van der Waals surface area contributed by atoms with Gasteiger partial charge in [0.1, 0.15) is 0 Å². The van der Waals surface area contributed by atoms with Gasteiger partial charge in [0, 0.05) is 11.6 Å². The molecule has 1 amide bonds. The summed E-state index contributed by atoms with van der Waals surface area (Å²) in [6, 6.07) is 0. The van der Waals surface area contributed by atoms with Gasteiger partial charge in [-0.2, -0.15) is 0 Å². The van der Waals surface area contributed by atoms with Crippen LogP contribution >= 0.6 is 0 Å². The van der Waals surface area contributed by atoms with Crippen LogP contribution in [0.1, 0.15) is 32.6 Å². The summed E-state index contributed by atoms with van der Waals surface area (Å²) >= 11 is 0. The molecule has 0 saturated carbocycles. The van der Waals surface area contributed by atoms with Crippen molar-refractivity contribution in [1.29, 1.82) is 0 Å². The molecule has 1 unspecified atom stereocenters. The maximum Gasteiger partial charge on any atom is 0.227 e. The minimum atomic E-state index is 0.160. The molecule has 0 aromatic carbocycles. The van der Waals surface area contributed by atoms with Crippen LogP contribution in [0, 0.1) is 5.92 Å². The van der Waals surface area contributed by atoms with Gasteiger partial charge in [0.2, 0.25) is 5.91 Å². The van der Waals surface area contributed by atoms with E-state index in [1.165, 1.54) is 5.57 Å². The van der Waals surface area contributed by atoms with Crippen molar-refractivity contribution in [2.75, 3.05) is 0 Å². The molecule has 0 aromatic rings. The van der Waals surface area contributed by atoms with E-state index in [4.69, 9.17) is 0 Å². The molecule has 1 fully saturated rings. The fourth-order valence-corrected chi connectivity index (χ4v) is 1.85. The molecule has 1 heterocycles. The Kier molecular flexibility index (Phi) is 2.21. The third-order valence-corrected chi connectivity index (χ3v) is 2.80. The summed E-state index contributed by atoms with van der Waals surface area (Å²) in [5, 5.41) is 2.98. The number of nitrogens with one attached hydrogen (secondary N) is 1. The van der Waals surface area contributed by atoms with Gasteiger partial charge in [-0.05, 0) is 31.3 Å². The summed E-state index contributed by atoms with van der Waals surface area (Å²) in [6.07, 6.45) is 8.62. The predicted octanol–water partition coefficient (Wildman–Crippen LogP) is 2.14. The number of hydrogen-bond acceptors (Lipinski definition) is 1. The highest BCUT2D eigenvalue weighted by Gasteiger charge is 2.21. The number of rotatable bonds is 0. The van der Waals surface area contributed by atoms with E-state index in [1.54, 1.807) is 0 Å². The first-order chi connectivity index (χ1) is 6.27. The van der Waals surface area contributed by atoms with Crippen molar-refractivity contribution in [2.24, 2.45) is 5.92 Å². The highest BCUT2D eigenvalue weighted by atomic mass is 16.1. The van der Waals surface area contributed by atoms with Gasteiger partial charge in [0.05, 0.1) is 0 Å². The van der Waals surface area contributed by atoms with Crippen LogP contribution in [0.4, 0.5) is 0 Å². The van der Waals surface area contributed by atoms with E-state index in [0.717, 1.165) is 31.4 Å². The highest BCUT2D eigenvalue weighted by Crippen LogP contribution is 2.26. The Morgan fingerprint density at radius 3 is 3.00 bits per heavy atom. The predicted molar refractivity (Wildman–Crippen MR) is 51.9 cm³/mol. The molecule has 2 nitrogen and oxygen atoms in total. The van der Waals surface area contributed by atoms with Crippen molar-refractivity contribution < 1.29 is 4.79 Å². The lowest BCUT2D eigenvalue weighted by molar-refractivity contribution is -0.123. The van der Waals surface area contributed by atoms with E-state index in [-0.39, 0.29) is 11.8 Å². The normalized spacial score (nSPS) is 28.1. The van der Waals surface area contributed by atoms with E-state index in [1.807, 2.05) is 6.92 Å². The van der Waals surface area contributed by atoms with Crippen LogP contribution in [0.15, 0.2) is 23.4 Å². The van der Waals surface area contributed by atoms with Gasteiger partial charge >= 0.3 is 0 Å². The lowest BCUT2D eigenvalue weighted by atomic mass is 9.98. The van der Waals surface area contributed by atoms with Gasteiger partial charge in [0.15, 0.2) is 0 Å². The minimum absolute atomic E-state index is 0.160. The molecule has 1 atom stereocenters. The number of carbonyl (C=O) groups is 1. The van der Waals surface area contributed by atoms with E-state index in [9.17, 15) is 4.79 Å². The zero-order valence-corrected chi connectivity index (χ0v) is 7.97. The smallest absolute Gasteiger partial charge is 0.227 e. The van der Waals surface area contributed by atoms with Crippen LogP contribution in [0.2, 0.25) is 0 Å². The number of allylic oxidation sites excluding steroid dienone is 3. The summed E-state index contributed by atoms with van der Waals surface area (Å²) in [5.41, 5.74) is 2.41. The van der Waals surface area contributed by atoms with Crippen molar-refractivity contribution in [3.8, 4) is 0 Å². The van der Waals surface area contributed by atoms with E-state index in [0.29, 0.717) is 0 Å². The fourth-order valence-electron chi connectivity index (χ4n) is 1.85.